The molecule has 3 rings (SSSR count). The summed E-state index contributed by atoms with van der Waals surface area (Å²) in [6.07, 6.45) is 7.63. The van der Waals surface area contributed by atoms with Crippen molar-refractivity contribution in [2.75, 3.05) is 5.73 Å². The Morgan fingerprint density at radius 2 is 1.40 bits per heavy atom. The van der Waals surface area contributed by atoms with Crippen molar-refractivity contribution >= 4 is 5.69 Å². The molecule has 20 heavy (non-hydrogen) atoms. The largest absolute Gasteiger partial charge is 1.00 e. The average Bonchev–Trinajstić information content (AvgIpc) is 2.49. The SMILES string of the molecule is Nc1ccccc1-[n+]1ccc(-c2ccncc2)cc1.[Cl-]. The summed E-state index contributed by atoms with van der Waals surface area (Å²) in [4.78, 5) is 4.03. The average molecular weight is 284 g/mol. The number of aromatic nitrogens is 2. The zero-order valence-corrected chi connectivity index (χ0v) is 11.5. The van der Waals surface area contributed by atoms with Gasteiger partial charge in [-0.25, -0.2) is 0 Å². The van der Waals surface area contributed by atoms with Crippen LogP contribution in [0.15, 0.2) is 73.3 Å². The van der Waals surface area contributed by atoms with Gasteiger partial charge in [0.2, 0.25) is 5.69 Å². The van der Waals surface area contributed by atoms with E-state index in [1.165, 1.54) is 0 Å². The molecule has 2 heterocycles. The third kappa shape index (κ3) is 2.78. The van der Waals surface area contributed by atoms with Crippen LogP contribution in [0.5, 0.6) is 0 Å². The van der Waals surface area contributed by atoms with Crippen molar-refractivity contribution in [3.05, 3.63) is 73.3 Å². The Bertz CT molecular complexity index is 682. The Morgan fingerprint density at radius 1 is 0.800 bits per heavy atom. The van der Waals surface area contributed by atoms with Crippen molar-refractivity contribution < 1.29 is 17.0 Å². The van der Waals surface area contributed by atoms with Crippen molar-refractivity contribution in [2.45, 2.75) is 0 Å². The van der Waals surface area contributed by atoms with Crippen molar-refractivity contribution in [3.63, 3.8) is 0 Å². The first-order valence-electron chi connectivity index (χ1n) is 6.11. The predicted octanol–water partition coefficient (Wildman–Crippen LogP) is -0.389. The van der Waals surface area contributed by atoms with Crippen LogP contribution in [-0.2, 0) is 0 Å². The zero-order valence-electron chi connectivity index (χ0n) is 10.8. The number of benzene rings is 1. The molecule has 2 N–H and O–H groups in total. The minimum Gasteiger partial charge on any atom is -1.00 e. The monoisotopic (exact) mass is 283 g/mol. The van der Waals surface area contributed by atoms with Gasteiger partial charge in [0.25, 0.3) is 0 Å². The van der Waals surface area contributed by atoms with Crippen LogP contribution in [0, 0.1) is 0 Å². The summed E-state index contributed by atoms with van der Waals surface area (Å²) in [5.74, 6) is 0. The summed E-state index contributed by atoms with van der Waals surface area (Å²) in [6, 6.07) is 16.0. The molecule has 3 aromatic rings. The number of hydrogen-bond donors (Lipinski definition) is 1. The Hall–Kier alpha value is -2.39. The molecule has 0 atom stereocenters. The molecular weight excluding hydrogens is 270 g/mol. The maximum atomic E-state index is 5.97. The molecule has 0 aliphatic rings. The van der Waals surface area contributed by atoms with Gasteiger partial charge in [0.15, 0.2) is 12.4 Å². The van der Waals surface area contributed by atoms with Crippen molar-refractivity contribution in [1.82, 2.24) is 4.98 Å². The third-order valence-electron chi connectivity index (χ3n) is 3.06. The van der Waals surface area contributed by atoms with Crippen LogP contribution in [0.1, 0.15) is 0 Å². The van der Waals surface area contributed by atoms with Crippen LogP contribution in [0.2, 0.25) is 0 Å². The molecule has 0 bridgehead atoms. The van der Waals surface area contributed by atoms with Gasteiger partial charge >= 0.3 is 0 Å². The van der Waals surface area contributed by atoms with Gasteiger partial charge in [-0.05, 0) is 29.3 Å². The molecule has 0 aliphatic carbocycles. The lowest BCUT2D eigenvalue weighted by Gasteiger charge is -2.02. The highest BCUT2D eigenvalue weighted by Gasteiger charge is 2.09. The summed E-state index contributed by atoms with van der Waals surface area (Å²) in [5, 5.41) is 0. The van der Waals surface area contributed by atoms with Gasteiger partial charge in [0.1, 0.15) is 5.69 Å². The van der Waals surface area contributed by atoms with Gasteiger partial charge in [0.05, 0.1) is 0 Å². The highest BCUT2D eigenvalue weighted by molar-refractivity contribution is 5.61. The number of hydrogen-bond acceptors (Lipinski definition) is 2. The van der Waals surface area contributed by atoms with E-state index in [0.717, 1.165) is 22.5 Å². The molecule has 0 saturated carbocycles. The fourth-order valence-corrected chi connectivity index (χ4v) is 2.05. The predicted molar refractivity (Wildman–Crippen MR) is 75.6 cm³/mol. The van der Waals surface area contributed by atoms with Crippen LogP contribution in [0.3, 0.4) is 0 Å². The van der Waals surface area contributed by atoms with Crippen LogP contribution in [-0.4, -0.2) is 4.98 Å². The molecular formula is C16H14ClN3. The smallest absolute Gasteiger partial charge is 0.233 e. The maximum Gasteiger partial charge on any atom is 0.233 e. The van der Waals surface area contributed by atoms with E-state index in [1.807, 2.05) is 53.4 Å². The van der Waals surface area contributed by atoms with E-state index >= 15 is 0 Å². The molecule has 0 unspecified atom stereocenters. The van der Waals surface area contributed by atoms with Crippen LogP contribution >= 0.6 is 0 Å². The molecule has 0 fully saturated rings. The summed E-state index contributed by atoms with van der Waals surface area (Å²) in [5.41, 5.74) is 10.0. The molecule has 0 radical (unpaired) electrons. The number of halogens is 1. The second kappa shape index (κ2) is 6.17. The molecule has 1 aromatic carbocycles. The summed E-state index contributed by atoms with van der Waals surface area (Å²) in [6.45, 7) is 0. The van der Waals surface area contributed by atoms with E-state index in [-0.39, 0.29) is 12.4 Å². The quantitative estimate of drug-likeness (QED) is 0.514. The first-order valence-corrected chi connectivity index (χ1v) is 6.11. The number of nitrogens with two attached hydrogens (primary N) is 1. The van der Waals surface area contributed by atoms with E-state index in [0.29, 0.717) is 0 Å². The maximum absolute atomic E-state index is 5.97. The summed E-state index contributed by atoms with van der Waals surface area (Å²) < 4.78 is 2.01. The molecule has 0 amide bonds. The van der Waals surface area contributed by atoms with Gasteiger partial charge in [-0.1, -0.05) is 12.1 Å². The number of nitrogens with zero attached hydrogens (tertiary/aromatic N) is 2. The fourth-order valence-electron chi connectivity index (χ4n) is 2.05. The Balaban J connectivity index is 0.00000147. The first-order chi connectivity index (χ1) is 9.34. The standard InChI is InChI=1S/C16H14N3.ClH/c17-15-3-1-2-4-16(15)19-11-7-14(8-12-19)13-5-9-18-10-6-13;/h1-12H,17H2;1H/q+1;/p-1. The molecule has 2 aromatic heterocycles. The van der Waals surface area contributed by atoms with Gasteiger partial charge in [-0.3, -0.25) is 4.98 Å². The lowest BCUT2D eigenvalue weighted by molar-refractivity contribution is -0.594. The second-order valence-corrected chi connectivity index (χ2v) is 4.29. The molecule has 0 aliphatic heterocycles. The van der Waals surface area contributed by atoms with Gasteiger partial charge in [-0.2, -0.15) is 4.57 Å². The third-order valence-corrected chi connectivity index (χ3v) is 3.06. The van der Waals surface area contributed by atoms with E-state index in [9.17, 15) is 0 Å². The topological polar surface area (TPSA) is 42.8 Å². The number of pyridine rings is 2. The molecule has 0 saturated heterocycles. The van der Waals surface area contributed by atoms with E-state index in [1.54, 1.807) is 12.4 Å². The van der Waals surface area contributed by atoms with Gasteiger partial charge < -0.3 is 18.1 Å². The van der Waals surface area contributed by atoms with Crippen molar-refractivity contribution in [1.29, 1.82) is 0 Å². The summed E-state index contributed by atoms with van der Waals surface area (Å²) in [7, 11) is 0. The van der Waals surface area contributed by atoms with Gasteiger partial charge in [0, 0.05) is 30.6 Å². The lowest BCUT2D eigenvalue weighted by atomic mass is 10.1. The first kappa shape index (κ1) is 14.0. The second-order valence-electron chi connectivity index (χ2n) is 4.29. The van der Waals surface area contributed by atoms with Crippen molar-refractivity contribution in [2.24, 2.45) is 0 Å². The van der Waals surface area contributed by atoms with E-state index < -0.39 is 0 Å². The highest BCUT2D eigenvalue weighted by Crippen LogP contribution is 2.17. The highest BCUT2D eigenvalue weighted by atomic mass is 35.5. The number of para-hydroxylation sites is 2. The number of rotatable bonds is 2. The fraction of sp³-hybridized carbons (Fsp3) is 0. The Morgan fingerprint density at radius 3 is 2.05 bits per heavy atom. The molecule has 3 nitrogen and oxygen atoms in total. The van der Waals surface area contributed by atoms with E-state index in [4.69, 9.17) is 5.73 Å². The van der Waals surface area contributed by atoms with Crippen LogP contribution in [0.25, 0.3) is 16.8 Å². The van der Waals surface area contributed by atoms with E-state index in [2.05, 4.69) is 17.1 Å². The minimum atomic E-state index is 0. The Kier molecular flexibility index (Phi) is 4.33. The molecule has 4 heteroatoms. The normalized spacial score (nSPS) is 9.80. The zero-order chi connectivity index (χ0) is 13.1. The Labute approximate surface area is 124 Å². The number of nitrogen functional groups attached to an aromatic ring is 1. The van der Waals surface area contributed by atoms with Gasteiger partial charge in [-0.15, -0.1) is 0 Å². The van der Waals surface area contributed by atoms with Crippen LogP contribution in [0.4, 0.5) is 5.69 Å². The number of anilines is 1. The lowest BCUT2D eigenvalue weighted by Crippen LogP contribution is -3.00. The summed E-state index contributed by atoms with van der Waals surface area (Å²) >= 11 is 0. The molecule has 0 spiro atoms. The molecule has 100 valence electrons. The van der Waals surface area contributed by atoms with Crippen molar-refractivity contribution in [3.8, 4) is 16.8 Å². The minimum absolute atomic E-state index is 0. The van der Waals surface area contributed by atoms with Crippen LogP contribution < -0.4 is 22.7 Å².